The van der Waals surface area contributed by atoms with E-state index in [1.165, 1.54) is 43.5 Å². The molecule has 1 atom stereocenters. The van der Waals surface area contributed by atoms with E-state index in [1.807, 2.05) is 6.20 Å². The van der Waals surface area contributed by atoms with E-state index >= 15 is 0 Å². The van der Waals surface area contributed by atoms with Crippen molar-refractivity contribution in [2.45, 2.75) is 52.1 Å². The van der Waals surface area contributed by atoms with Crippen LogP contribution < -0.4 is 5.73 Å². The van der Waals surface area contributed by atoms with Gasteiger partial charge in [-0.1, -0.05) is 13.8 Å². The molecule has 1 heterocycles. The van der Waals surface area contributed by atoms with Gasteiger partial charge in [0.15, 0.2) is 0 Å². The van der Waals surface area contributed by atoms with E-state index in [9.17, 15) is 0 Å². The minimum atomic E-state index is 0.547. The van der Waals surface area contributed by atoms with Crippen molar-refractivity contribution in [2.24, 2.45) is 5.73 Å². The number of fused-ring (bicyclic) bond motifs is 1. The third-order valence-electron chi connectivity index (χ3n) is 3.80. The second-order valence-corrected chi connectivity index (χ2v) is 5.25. The van der Waals surface area contributed by atoms with Crippen molar-refractivity contribution in [3.05, 3.63) is 29.1 Å². The first-order valence-electron chi connectivity index (χ1n) is 7.19. The SMILES string of the molecule is CCCN(CCC)C1Cc2cnc(CN)cc2C1. The molecule has 0 aromatic carbocycles. The molecule has 1 unspecified atom stereocenters. The van der Waals surface area contributed by atoms with Crippen molar-refractivity contribution < 1.29 is 0 Å². The summed E-state index contributed by atoms with van der Waals surface area (Å²) in [7, 11) is 0. The average molecular weight is 247 g/mol. The number of nitrogens with zero attached hydrogens (tertiary/aromatic N) is 2. The standard InChI is InChI=1S/C15H25N3/c1-3-5-18(6-4-2)15-8-12-7-14(10-16)17-11-13(12)9-15/h7,11,15H,3-6,8-10,16H2,1-2H3. The van der Waals surface area contributed by atoms with Crippen LogP contribution in [-0.2, 0) is 19.4 Å². The first-order chi connectivity index (χ1) is 8.78. The number of hydrogen-bond donors (Lipinski definition) is 1. The van der Waals surface area contributed by atoms with Gasteiger partial charge in [-0.3, -0.25) is 9.88 Å². The lowest BCUT2D eigenvalue weighted by Crippen LogP contribution is -2.37. The van der Waals surface area contributed by atoms with Gasteiger partial charge in [0.05, 0.1) is 5.69 Å². The van der Waals surface area contributed by atoms with Gasteiger partial charge >= 0.3 is 0 Å². The van der Waals surface area contributed by atoms with Crippen LogP contribution in [0.5, 0.6) is 0 Å². The van der Waals surface area contributed by atoms with Gasteiger partial charge in [0.1, 0.15) is 0 Å². The Morgan fingerprint density at radius 1 is 1.22 bits per heavy atom. The number of aromatic nitrogens is 1. The van der Waals surface area contributed by atoms with Crippen LogP contribution in [0.25, 0.3) is 0 Å². The average Bonchev–Trinajstić information content (AvgIpc) is 2.81. The molecule has 3 nitrogen and oxygen atoms in total. The van der Waals surface area contributed by atoms with Gasteiger partial charge in [-0.05, 0) is 56.0 Å². The summed E-state index contributed by atoms with van der Waals surface area (Å²) in [5.41, 5.74) is 9.57. The van der Waals surface area contributed by atoms with Gasteiger partial charge in [-0.25, -0.2) is 0 Å². The first kappa shape index (κ1) is 13.5. The maximum absolute atomic E-state index is 5.66. The predicted molar refractivity (Wildman–Crippen MR) is 75.5 cm³/mol. The summed E-state index contributed by atoms with van der Waals surface area (Å²) in [5, 5.41) is 0. The molecular formula is C15H25N3. The van der Waals surface area contributed by atoms with Crippen LogP contribution in [0.4, 0.5) is 0 Å². The molecule has 1 aromatic heterocycles. The molecule has 18 heavy (non-hydrogen) atoms. The maximum atomic E-state index is 5.66. The van der Waals surface area contributed by atoms with Gasteiger partial charge in [-0.2, -0.15) is 0 Å². The topological polar surface area (TPSA) is 42.2 Å². The fourth-order valence-corrected chi connectivity index (χ4v) is 2.95. The zero-order valence-electron chi connectivity index (χ0n) is 11.7. The molecule has 0 fully saturated rings. The lowest BCUT2D eigenvalue weighted by atomic mass is 10.1. The molecule has 0 saturated carbocycles. The second-order valence-electron chi connectivity index (χ2n) is 5.25. The fraction of sp³-hybridized carbons (Fsp3) is 0.667. The van der Waals surface area contributed by atoms with Gasteiger partial charge < -0.3 is 5.73 Å². The van der Waals surface area contributed by atoms with Crippen molar-refractivity contribution in [1.82, 2.24) is 9.88 Å². The maximum Gasteiger partial charge on any atom is 0.0542 e. The molecule has 0 aliphatic heterocycles. The Kier molecular flexibility index (Phi) is 4.72. The highest BCUT2D eigenvalue weighted by Gasteiger charge is 2.26. The van der Waals surface area contributed by atoms with Gasteiger partial charge in [0.2, 0.25) is 0 Å². The van der Waals surface area contributed by atoms with Crippen molar-refractivity contribution in [1.29, 1.82) is 0 Å². The van der Waals surface area contributed by atoms with E-state index in [-0.39, 0.29) is 0 Å². The minimum absolute atomic E-state index is 0.547. The largest absolute Gasteiger partial charge is 0.325 e. The summed E-state index contributed by atoms with van der Waals surface area (Å²) in [6, 6.07) is 2.88. The third-order valence-corrected chi connectivity index (χ3v) is 3.80. The second kappa shape index (κ2) is 6.30. The summed E-state index contributed by atoms with van der Waals surface area (Å²) >= 11 is 0. The molecule has 1 aliphatic carbocycles. The number of rotatable bonds is 6. The smallest absolute Gasteiger partial charge is 0.0542 e. The van der Waals surface area contributed by atoms with Crippen LogP contribution in [0.1, 0.15) is 43.5 Å². The Labute approximate surface area is 110 Å². The van der Waals surface area contributed by atoms with Crippen molar-refractivity contribution in [2.75, 3.05) is 13.1 Å². The monoisotopic (exact) mass is 247 g/mol. The molecule has 1 aromatic rings. The molecule has 0 saturated heterocycles. The van der Waals surface area contributed by atoms with Gasteiger partial charge in [0, 0.05) is 18.8 Å². The molecule has 0 bridgehead atoms. The van der Waals surface area contributed by atoms with Crippen LogP contribution in [0.2, 0.25) is 0 Å². The highest BCUT2D eigenvalue weighted by Crippen LogP contribution is 2.26. The van der Waals surface area contributed by atoms with Crippen LogP contribution in [-0.4, -0.2) is 29.0 Å². The molecule has 2 N–H and O–H groups in total. The third kappa shape index (κ3) is 2.90. The highest BCUT2D eigenvalue weighted by atomic mass is 15.1. The molecule has 3 heteroatoms. The van der Waals surface area contributed by atoms with Crippen molar-refractivity contribution in [3.8, 4) is 0 Å². The quantitative estimate of drug-likeness (QED) is 0.837. The van der Waals surface area contributed by atoms with Gasteiger partial charge in [-0.15, -0.1) is 0 Å². The first-order valence-corrected chi connectivity index (χ1v) is 7.19. The molecule has 0 radical (unpaired) electrons. The van der Waals surface area contributed by atoms with E-state index in [0.717, 1.165) is 12.1 Å². The molecule has 2 rings (SSSR count). The van der Waals surface area contributed by atoms with E-state index < -0.39 is 0 Å². The Hall–Kier alpha value is -0.930. The zero-order chi connectivity index (χ0) is 13.0. The lowest BCUT2D eigenvalue weighted by molar-refractivity contribution is 0.202. The summed E-state index contributed by atoms with van der Waals surface area (Å²) in [5.74, 6) is 0. The fourth-order valence-electron chi connectivity index (χ4n) is 2.95. The zero-order valence-corrected chi connectivity index (χ0v) is 11.7. The predicted octanol–water partition coefficient (Wildman–Crippen LogP) is 2.13. The summed E-state index contributed by atoms with van der Waals surface area (Å²) in [4.78, 5) is 7.05. The summed E-state index contributed by atoms with van der Waals surface area (Å²) < 4.78 is 0. The molecule has 0 amide bonds. The molecule has 100 valence electrons. The highest BCUT2D eigenvalue weighted by molar-refractivity contribution is 5.33. The van der Waals surface area contributed by atoms with Crippen LogP contribution in [0, 0.1) is 0 Å². The normalized spacial score (nSPS) is 18.3. The van der Waals surface area contributed by atoms with Crippen LogP contribution in [0.15, 0.2) is 12.3 Å². The summed E-state index contributed by atoms with van der Waals surface area (Å²) in [6.45, 7) is 7.50. The Bertz CT molecular complexity index is 383. The van der Waals surface area contributed by atoms with E-state index in [0.29, 0.717) is 12.6 Å². The van der Waals surface area contributed by atoms with E-state index in [1.54, 1.807) is 0 Å². The Balaban J connectivity index is 2.07. The van der Waals surface area contributed by atoms with Crippen LogP contribution in [0.3, 0.4) is 0 Å². The van der Waals surface area contributed by atoms with Crippen LogP contribution >= 0.6 is 0 Å². The summed E-state index contributed by atoms with van der Waals surface area (Å²) in [6.07, 6.45) is 6.84. The van der Waals surface area contributed by atoms with E-state index in [4.69, 9.17) is 5.73 Å². The number of hydrogen-bond acceptors (Lipinski definition) is 3. The van der Waals surface area contributed by atoms with E-state index in [2.05, 4.69) is 29.8 Å². The Morgan fingerprint density at radius 2 is 1.89 bits per heavy atom. The Morgan fingerprint density at radius 3 is 2.50 bits per heavy atom. The minimum Gasteiger partial charge on any atom is -0.325 e. The lowest BCUT2D eigenvalue weighted by Gasteiger charge is -2.27. The number of nitrogens with two attached hydrogens (primary N) is 1. The van der Waals surface area contributed by atoms with Gasteiger partial charge in [0.25, 0.3) is 0 Å². The van der Waals surface area contributed by atoms with Crippen molar-refractivity contribution >= 4 is 0 Å². The van der Waals surface area contributed by atoms with Crippen molar-refractivity contribution in [3.63, 3.8) is 0 Å². The number of pyridine rings is 1. The molecule has 1 aliphatic rings. The molecular weight excluding hydrogens is 222 g/mol. The molecule has 0 spiro atoms.